The van der Waals surface area contributed by atoms with Crippen LogP contribution in [0.4, 0.5) is 5.69 Å². The molecule has 130 valence electrons. The normalized spacial score (nSPS) is 20.5. The van der Waals surface area contributed by atoms with Gasteiger partial charge in [-0.15, -0.1) is 0 Å². The van der Waals surface area contributed by atoms with Crippen molar-refractivity contribution < 1.29 is 15.0 Å². The summed E-state index contributed by atoms with van der Waals surface area (Å²) in [6.07, 6.45) is -0.937. The molecule has 1 aliphatic rings. The van der Waals surface area contributed by atoms with Crippen molar-refractivity contribution in [2.24, 2.45) is 5.92 Å². The van der Waals surface area contributed by atoms with E-state index in [1.165, 1.54) is 12.1 Å². The third kappa shape index (κ3) is 2.74. The third-order valence-electron chi connectivity index (χ3n) is 4.89. The lowest BCUT2D eigenvalue weighted by Crippen LogP contribution is -2.57. The van der Waals surface area contributed by atoms with E-state index in [2.05, 4.69) is 0 Å². The zero-order valence-electron chi connectivity index (χ0n) is 14.1. The van der Waals surface area contributed by atoms with Gasteiger partial charge in [-0.2, -0.15) is 0 Å². The first-order chi connectivity index (χ1) is 12.7. The van der Waals surface area contributed by atoms with Crippen LogP contribution in [0.5, 0.6) is 5.75 Å². The summed E-state index contributed by atoms with van der Waals surface area (Å²) in [5.74, 6) is -0.542. The molecule has 4 nitrogen and oxygen atoms in total. The van der Waals surface area contributed by atoms with Gasteiger partial charge in [0.05, 0.1) is 18.1 Å². The predicted octanol–water partition coefficient (Wildman–Crippen LogP) is 3.83. The van der Waals surface area contributed by atoms with Crippen LogP contribution in [-0.2, 0) is 4.79 Å². The lowest BCUT2D eigenvalue weighted by Gasteiger charge is -2.49. The van der Waals surface area contributed by atoms with Crippen molar-refractivity contribution in [3.05, 3.63) is 96.1 Å². The first-order valence-corrected chi connectivity index (χ1v) is 8.57. The van der Waals surface area contributed by atoms with Gasteiger partial charge in [0.25, 0.3) is 0 Å². The number of aromatic hydroxyl groups is 1. The number of aliphatic hydroxyl groups excluding tert-OH is 1. The largest absolute Gasteiger partial charge is 0.508 e. The highest BCUT2D eigenvalue weighted by molar-refractivity contribution is 6.03. The topological polar surface area (TPSA) is 60.8 Å². The minimum absolute atomic E-state index is 0.106. The number of anilines is 1. The minimum atomic E-state index is -0.937. The van der Waals surface area contributed by atoms with Crippen LogP contribution in [0.15, 0.2) is 84.9 Å². The Hall–Kier alpha value is -3.11. The van der Waals surface area contributed by atoms with Crippen LogP contribution < -0.4 is 4.90 Å². The number of para-hydroxylation sites is 1. The van der Waals surface area contributed by atoms with Gasteiger partial charge in [0.1, 0.15) is 5.75 Å². The summed E-state index contributed by atoms with van der Waals surface area (Å²) in [5.41, 5.74) is 2.43. The average Bonchev–Trinajstić information content (AvgIpc) is 2.68. The molecular weight excluding hydrogens is 326 g/mol. The Morgan fingerprint density at radius 2 is 1.38 bits per heavy atom. The molecule has 4 rings (SSSR count). The van der Waals surface area contributed by atoms with E-state index in [4.69, 9.17) is 0 Å². The number of hydrogen-bond donors (Lipinski definition) is 2. The molecule has 1 fully saturated rings. The number of benzene rings is 3. The molecule has 0 spiro atoms. The van der Waals surface area contributed by atoms with Crippen LogP contribution in [0.1, 0.15) is 23.3 Å². The first-order valence-electron chi connectivity index (χ1n) is 8.57. The number of β-lactam (4-membered cyclic amide) rings is 1. The first kappa shape index (κ1) is 16.4. The lowest BCUT2D eigenvalue weighted by molar-refractivity contribution is -0.136. The second kappa shape index (κ2) is 6.65. The molecule has 3 aromatic carbocycles. The molecule has 1 saturated heterocycles. The summed E-state index contributed by atoms with van der Waals surface area (Å²) >= 11 is 0. The summed E-state index contributed by atoms with van der Waals surface area (Å²) in [6, 6.07) is 25.4. The molecular formula is C22H19NO3. The van der Waals surface area contributed by atoms with Crippen molar-refractivity contribution in [2.75, 3.05) is 4.90 Å². The maximum absolute atomic E-state index is 12.9. The molecule has 3 unspecified atom stereocenters. The van der Waals surface area contributed by atoms with Gasteiger partial charge in [0.2, 0.25) is 5.91 Å². The Morgan fingerprint density at radius 3 is 2.00 bits per heavy atom. The van der Waals surface area contributed by atoms with Crippen LogP contribution in [0, 0.1) is 5.92 Å². The van der Waals surface area contributed by atoms with Crippen molar-refractivity contribution >= 4 is 11.6 Å². The molecule has 3 atom stereocenters. The van der Waals surface area contributed by atoms with Crippen molar-refractivity contribution in [1.29, 1.82) is 0 Å². The minimum Gasteiger partial charge on any atom is -0.508 e. The van der Waals surface area contributed by atoms with Crippen LogP contribution >= 0.6 is 0 Å². The molecule has 2 N–H and O–H groups in total. The summed E-state index contributed by atoms with van der Waals surface area (Å²) in [6.45, 7) is 0. The van der Waals surface area contributed by atoms with Gasteiger partial charge in [-0.1, -0.05) is 60.7 Å². The maximum atomic E-state index is 12.9. The van der Waals surface area contributed by atoms with Gasteiger partial charge in [-0.05, 0) is 35.4 Å². The summed E-state index contributed by atoms with van der Waals surface area (Å²) in [5, 5.41) is 20.3. The fraction of sp³-hybridized carbons (Fsp3) is 0.136. The van der Waals surface area contributed by atoms with E-state index in [1.54, 1.807) is 17.0 Å². The van der Waals surface area contributed by atoms with Gasteiger partial charge < -0.3 is 15.1 Å². The van der Waals surface area contributed by atoms with Crippen molar-refractivity contribution in [3.63, 3.8) is 0 Å². The standard InChI is InChI=1S/C22H19NO3/c24-18-13-11-16(12-14-18)21(25)19-20(15-7-3-1-4-8-15)23(22(19)26)17-9-5-2-6-10-17/h1-14,19-21,24-25H. The van der Waals surface area contributed by atoms with E-state index in [0.717, 1.165) is 11.3 Å². The molecule has 0 bridgehead atoms. The number of nitrogens with zero attached hydrogens (tertiary/aromatic N) is 1. The van der Waals surface area contributed by atoms with E-state index in [9.17, 15) is 15.0 Å². The molecule has 0 aliphatic carbocycles. The Balaban J connectivity index is 1.72. The molecule has 0 saturated carbocycles. The quantitative estimate of drug-likeness (QED) is 0.707. The fourth-order valence-electron chi connectivity index (χ4n) is 3.58. The number of phenolic OH excluding ortho intramolecular Hbond substituents is 1. The zero-order valence-corrected chi connectivity index (χ0v) is 14.1. The van der Waals surface area contributed by atoms with Gasteiger partial charge >= 0.3 is 0 Å². The number of carbonyl (C=O) groups excluding carboxylic acids is 1. The van der Waals surface area contributed by atoms with Crippen molar-refractivity contribution in [3.8, 4) is 5.75 Å². The molecule has 1 heterocycles. The van der Waals surface area contributed by atoms with Gasteiger partial charge in [-0.25, -0.2) is 0 Å². The third-order valence-corrected chi connectivity index (χ3v) is 4.89. The lowest BCUT2D eigenvalue weighted by atomic mass is 9.76. The molecule has 0 radical (unpaired) electrons. The summed E-state index contributed by atoms with van der Waals surface area (Å²) in [4.78, 5) is 14.7. The maximum Gasteiger partial charge on any atom is 0.236 e. The second-order valence-corrected chi connectivity index (χ2v) is 6.46. The van der Waals surface area contributed by atoms with E-state index in [1.807, 2.05) is 60.7 Å². The van der Waals surface area contributed by atoms with Gasteiger partial charge in [-0.3, -0.25) is 4.79 Å². The Labute approximate surface area is 152 Å². The molecule has 3 aromatic rings. The molecule has 0 aromatic heterocycles. The van der Waals surface area contributed by atoms with Gasteiger partial charge in [0, 0.05) is 5.69 Å². The monoisotopic (exact) mass is 345 g/mol. The average molecular weight is 345 g/mol. The highest BCUT2D eigenvalue weighted by Gasteiger charge is 2.52. The summed E-state index contributed by atoms with van der Waals surface area (Å²) in [7, 11) is 0. The number of phenols is 1. The Kier molecular flexibility index (Phi) is 4.19. The number of amides is 1. The predicted molar refractivity (Wildman–Crippen MR) is 99.7 cm³/mol. The Morgan fingerprint density at radius 1 is 0.808 bits per heavy atom. The van der Waals surface area contributed by atoms with Gasteiger partial charge in [0.15, 0.2) is 0 Å². The second-order valence-electron chi connectivity index (χ2n) is 6.46. The number of aliphatic hydroxyl groups is 1. The van der Waals surface area contributed by atoms with E-state index < -0.39 is 12.0 Å². The number of rotatable bonds is 4. The molecule has 1 aliphatic heterocycles. The SMILES string of the molecule is O=C1C(C(O)c2ccc(O)cc2)C(c2ccccc2)N1c1ccccc1. The zero-order chi connectivity index (χ0) is 18.1. The van der Waals surface area contributed by atoms with Crippen LogP contribution in [0.25, 0.3) is 0 Å². The fourth-order valence-corrected chi connectivity index (χ4v) is 3.58. The van der Waals surface area contributed by atoms with E-state index >= 15 is 0 Å². The molecule has 1 amide bonds. The highest BCUT2D eigenvalue weighted by Crippen LogP contribution is 2.48. The van der Waals surface area contributed by atoms with Crippen LogP contribution in [0.3, 0.4) is 0 Å². The highest BCUT2D eigenvalue weighted by atomic mass is 16.3. The van der Waals surface area contributed by atoms with E-state index in [-0.39, 0.29) is 17.7 Å². The molecule has 4 heteroatoms. The smallest absolute Gasteiger partial charge is 0.236 e. The Bertz CT molecular complexity index is 894. The van der Waals surface area contributed by atoms with Crippen LogP contribution in [0.2, 0.25) is 0 Å². The number of hydrogen-bond acceptors (Lipinski definition) is 3. The van der Waals surface area contributed by atoms with Crippen LogP contribution in [-0.4, -0.2) is 16.1 Å². The van der Waals surface area contributed by atoms with E-state index in [0.29, 0.717) is 5.56 Å². The molecule has 26 heavy (non-hydrogen) atoms. The summed E-state index contributed by atoms with van der Waals surface area (Å²) < 4.78 is 0. The van der Waals surface area contributed by atoms with Crippen molar-refractivity contribution in [2.45, 2.75) is 12.1 Å². The van der Waals surface area contributed by atoms with Crippen molar-refractivity contribution in [1.82, 2.24) is 0 Å². The number of carbonyl (C=O) groups is 1.